The lowest BCUT2D eigenvalue weighted by molar-refractivity contribution is -0.116. The standard InChI is InChI=1S/C17H29N3O/c18-20-19-15-11-16(13-7-3-1-4-8-13)21-17(12-15)14-9-5-2-6-10-14/h13-17H,1-12H2/t15?,16-,17+. The molecule has 0 spiro atoms. The SMILES string of the molecule is [N-]=[N+]=NC1C[C@@H](C2CCCCC2)O[C@@H](C2CCCCC2)C1. The van der Waals surface area contributed by atoms with Crippen LogP contribution in [0, 0.1) is 11.8 Å². The lowest BCUT2D eigenvalue weighted by Gasteiger charge is -2.42. The Morgan fingerprint density at radius 2 is 1.24 bits per heavy atom. The largest absolute Gasteiger partial charge is 0.374 e. The first kappa shape index (κ1) is 15.2. The minimum atomic E-state index is 0.169. The van der Waals surface area contributed by atoms with E-state index in [9.17, 15) is 0 Å². The highest BCUT2D eigenvalue weighted by Gasteiger charge is 2.37. The Kier molecular flexibility index (Phi) is 5.43. The highest BCUT2D eigenvalue weighted by Crippen LogP contribution is 2.39. The van der Waals surface area contributed by atoms with Crippen molar-refractivity contribution in [2.75, 3.05) is 0 Å². The Labute approximate surface area is 128 Å². The van der Waals surface area contributed by atoms with Gasteiger partial charge in [-0.2, -0.15) is 0 Å². The summed E-state index contributed by atoms with van der Waals surface area (Å²) in [6.45, 7) is 0. The van der Waals surface area contributed by atoms with Gasteiger partial charge in [0.25, 0.3) is 0 Å². The quantitative estimate of drug-likeness (QED) is 0.391. The van der Waals surface area contributed by atoms with E-state index in [0.29, 0.717) is 24.0 Å². The molecule has 0 aromatic heterocycles. The van der Waals surface area contributed by atoms with E-state index in [2.05, 4.69) is 10.0 Å². The van der Waals surface area contributed by atoms with Crippen molar-refractivity contribution in [3.05, 3.63) is 10.4 Å². The molecule has 0 aromatic carbocycles. The van der Waals surface area contributed by atoms with Gasteiger partial charge in [0.15, 0.2) is 0 Å². The molecule has 4 heteroatoms. The van der Waals surface area contributed by atoms with Crippen molar-refractivity contribution in [3.8, 4) is 0 Å². The van der Waals surface area contributed by atoms with Crippen molar-refractivity contribution in [2.45, 2.75) is 95.3 Å². The van der Waals surface area contributed by atoms with E-state index in [-0.39, 0.29) is 6.04 Å². The number of hydrogen-bond acceptors (Lipinski definition) is 2. The van der Waals surface area contributed by atoms with Crippen LogP contribution < -0.4 is 0 Å². The first-order valence-corrected chi connectivity index (χ1v) is 9.06. The van der Waals surface area contributed by atoms with Crippen LogP contribution in [-0.2, 0) is 4.74 Å². The Hall–Kier alpha value is -0.730. The van der Waals surface area contributed by atoms with Crippen LogP contribution in [0.3, 0.4) is 0 Å². The van der Waals surface area contributed by atoms with Crippen LogP contribution in [0.2, 0.25) is 0 Å². The monoisotopic (exact) mass is 291 g/mol. The van der Waals surface area contributed by atoms with Crippen LogP contribution in [0.1, 0.15) is 77.0 Å². The minimum Gasteiger partial charge on any atom is -0.374 e. The number of hydrogen-bond donors (Lipinski definition) is 0. The van der Waals surface area contributed by atoms with E-state index in [1.807, 2.05) is 0 Å². The highest BCUT2D eigenvalue weighted by atomic mass is 16.5. The molecule has 0 amide bonds. The molecule has 0 N–H and O–H groups in total. The third-order valence-corrected chi connectivity index (χ3v) is 5.92. The predicted molar refractivity (Wildman–Crippen MR) is 84.0 cm³/mol. The van der Waals surface area contributed by atoms with E-state index in [0.717, 1.165) is 12.8 Å². The molecule has 1 unspecified atom stereocenters. The third kappa shape index (κ3) is 3.92. The first-order chi connectivity index (χ1) is 10.4. The van der Waals surface area contributed by atoms with Gasteiger partial charge in [-0.25, -0.2) is 0 Å². The van der Waals surface area contributed by atoms with Gasteiger partial charge < -0.3 is 4.74 Å². The van der Waals surface area contributed by atoms with Gasteiger partial charge in [0.2, 0.25) is 0 Å². The van der Waals surface area contributed by atoms with Crippen LogP contribution in [0.15, 0.2) is 5.11 Å². The van der Waals surface area contributed by atoms with Crippen LogP contribution in [-0.4, -0.2) is 18.2 Å². The molecule has 2 aliphatic carbocycles. The van der Waals surface area contributed by atoms with Gasteiger partial charge in [0, 0.05) is 11.0 Å². The second-order valence-corrected chi connectivity index (χ2v) is 7.34. The molecule has 3 aliphatic rings. The molecule has 1 heterocycles. The normalized spacial score (nSPS) is 36.1. The van der Waals surface area contributed by atoms with Crippen molar-refractivity contribution in [3.63, 3.8) is 0 Å². The lowest BCUT2D eigenvalue weighted by atomic mass is 9.77. The van der Waals surface area contributed by atoms with E-state index >= 15 is 0 Å². The summed E-state index contributed by atoms with van der Waals surface area (Å²) in [7, 11) is 0. The van der Waals surface area contributed by atoms with Crippen molar-refractivity contribution >= 4 is 0 Å². The van der Waals surface area contributed by atoms with Crippen LogP contribution in [0.4, 0.5) is 0 Å². The molecule has 118 valence electrons. The molecule has 3 fully saturated rings. The Balaban J connectivity index is 1.66. The molecule has 0 bridgehead atoms. The van der Waals surface area contributed by atoms with E-state index in [1.54, 1.807) is 0 Å². The van der Waals surface area contributed by atoms with Crippen molar-refractivity contribution < 1.29 is 4.74 Å². The minimum absolute atomic E-state index is 0.169. The van der Waals surface area contributed by atoms with Gasteiger partial charge in [-0.3, -0.25) is 0 Å². The molecular formula is C17H29N3O. The molecule has 2 saturated carbocycles. The summed E-state index contributed by atoms with van der Waals surface area (Å²) in [4.78, 5) is 3.09. The molecule has 0 aromatic rings. The zero-order chi connectivity index (χ0) is 14.5. The van der Waals surface area contributed by atoms with Gasteiger partial charge in [-0.1, -0.05) is 43.6 Å². The summed E-state index contributed by atoms with van der Waals surface area (Å²) < 4.78 is 6.56. The summed E-state index contributed by atoms with van der Waals surface area (Å²) in [5.41, 5.74) is 8.83. The molecule has 0 radical (unpaired) electrons. The highest BCUT2D eigenvalue weighted by molar-refractivity contribution is 4.90. The predicted octanol–water partition coefficient (Wildman–Crippen LogP) is 5.37. The Morgan fingerprint density at radius 3 is 1.67 bits per heavy atom. The number of rotatable bonds is 3. The maximum atomic E-state index is 8.83. The zero-order valence-corrected chi connectivity index (χ0v) is 13.1. The second-order valence-electron chi connectivity index (χ2n) is 7.34. The van der Waals surface area contributed by atoms with Crippen molar-refractivity contribution in [1.82, 2.24) is 0 Å². The molecule has 3 rings (SSSR count). The summed E-state index contributed by atoms with van der Waals surface area (Å²) in [6, 6.07) is 0.169. The second kappa shape index (κ2) is 7.51. The smallest absolute Gasteiger partial charge is 0.0611 e. The number of nitrogens with zero attached hydrogens (tertiary/aromatic N) is 3. The van der Waals surface area contributed by atoms with Crippen LogP contribution >= 0.6 is 0 Å². The van der Waals surface area contributed by atoms with Crippen molar-refractivity contribution in [1.29, 1.82) is 0 Å². The number of azide groups is 1. The van der Waals surface area contributed by atoms with Crippen molar-refractivity contribution in [2.24, 2.45) is 17.0 Å². The molecule has 1 saturated heterocycles. The summed E-state index contributed by atoms with van der Waals surface area (Å²) in [5.74, 6) is 1.42. The van der Waals surface area contributed by atoms with Crippen LogP contribution in [0.25, 0.3) is 10.4 Å². The molecule has 3 atom stereocenters. The topological polar surface area (TPSA) is 58.0 Å². The average molecular weight is 291 g/mol. The lowest BCUT2D eigenvalue weighted by Crippen LogP contribution is -2.43. The zero-order valence-electron chi connectivity index (χ0n) is 13.1. The molecular weight excluding hydrogens is 262 g/mol. The average Bonchev–Trinajstić information content (AvgIpc) is 2.56. The van der Waals surface area contributed by atoms with Gasteiger partial charge in [-0.15, -0.1) is 0 Å². The summed E-state index contributed by atoms with van der Waals surface area (Å²) >= 11 is 0. The summed E-state index contributed by atoms with van der Waals surface area (Å²) in [5, 5.41) is 4.07. The van der Waals surface area contributed by atoms with Gasteiger partial charge >= 0.3 is 0 Å². The fraction of sp³-hybridized carbons (Fsp3) is 1.00. The fourth-order valence-electron chi connectivity index (χ4n) is 4.75. The van der Waals surface area contributed by atoms with Gasteiger partial charge in [0.05, 0.1) is 12.2 Å². The maximum absolute atomic E-state index is 8.83. The molecule has 21 heavy (non-hydrogen) atoms. The van der Waals surface area contributed by atoms with E-state index in [1.165, 1.54) is 64.2 Å². The summed E-state index contributed by atoms with van der Waals surface area (Å²) in [6.07, 6.45) is 16.0. The fourth-order valence-corrected chi connectivity index (χ4v) is 4.75. The first-order valence-electron chi connectivity index (χ1n) is 9.06. The number of ether oxygens (including phenoxy) is 1. The third-order valence-electron chi connectivity index (χ3n) is 5.92. The molecule has 1 aliphatic heterocycles. The van der Waals surface area contributed by atoms with Gasteiger partial charge in [0.1, 0.15) is 0 Å². The Bertz CT molecular complexity index is 342. The van der Waals surface area contributed by atoms with Crippen LogP contribution in [0.5, 0.6) is 0 Å². The molecule has 4 nitrogen and oxygen atoms in total. The maximum Gasteiger partial charge on any atom is 0.0611 e. The van der Waals surface area contributed by atoms with Gasteiger partial charge in [-0.05, 0) is 55.9 Å². The van der Waals surface area contributed by atoms with E-state index in [4.69, 9.17) is 10.3 Å². The van der Waals surface area contributed by atoms with E-state index < -0.39 is 0 Å². The Morgan fingerprint density at radius 1 is 0.762 bits per heavy atom.